The largest absolute Gasteiger partial charge is 0.456 e. The average molecular weight is 596 g/mol. The van der Waals surface area contributed by atoms with E-state index >= 15 is 0 Å². The smallest absolute Gasteiger partial charge is 0.164 e. The molecular weight excluding hydrogens is 571 g/mol. The van der Waals surface area contributed by atoms with E-state index < -0.39 is 0 Å². The van der Waals surface area contributed by atoms with E-state index in [-0.39, 0.29) is 0 Å². The van der Waals surface area contributed by atoms with Gasteiger partial charge in [0.2, 0.25) is 0 Å². The van der Waals surface area contributed by atoms with Crippen molar-refractivity contribution < 1.29 is 4.42 Å². The van der Waals surface area contributed by atoms with Crippen molar-refractivity contribution in [3.63, 3.8) is 0 Å². The van der Waals surface area contributed by atoms with Crippen molar-refractivity contribution in [1.29, 1.82) is 0 Å². The Labute approximate surface area is 263 Å². The number of hydrogen-bond donors (Lipinski definition) is 0. The van der Waals surface area contributed by atoms with E-state index in [1.807, 2.05) is 47.7 Å². The van der Waals surface area contributed by atoms with Crippen LogP contribution in [0.4, 0.5) is 0 Å². The van der Waals surface area contributed by atoms with Gasteiger partial charge in [0, 0.05) is 48.5 Å². The van der Waals surface area contributed by atoms with Gasteiger partial charge in [0.1, 0.15) is 17.0 Å². The fourth-order valence-corrected chi connectivity index (χ4v) is 7.49. The van der Waals surface area contributed by atoms with Gasteiger partial charge in [0.15, 0.2) is 11.6 Å². The fourth-order valence-electron chi connectivity index (χ4n) is 6.27. The van der Waals surface area contributed by atoms with Gasteiger partial charge in [-0.1, -0.05) is 115 Å². The molecule has 0 fully saturated rings. The molecule has 9 rings (SSSR count). The van der Waals surface area contributed by atoms with Crippen LogP contribution in [0.5, 0.6) is 0 Å². The lowest BCUT2D eigenvalue weighted by Crippen LogP contribution is -2.04. The third-order valence-corrected chi connectivity index (χ3v) is 9.65. The SMILES string of the molecule is c1ccc(-c2ccc3oc4cccc(-c5nc(Cc6cccc7c6sc6ccccc67)nc(-c6ccccc6)n5)c4c3c2)cc1. The highest BCUT2D eigenvalue weighted by Crippen LogP contribution is 2.39. The number of rotatable bonds is 5. The van der Waals surface area contributed by atoms with Crippen LogP contribution in [0.25, 0.3) is 76.0 Å². The molecule has 3 heterocycles. The quantitative estimate of drug-likeness (QED) is 0.199. The van der Waals surface area contributed by atoms with Crippen LogP contribution in [-0.2, 0) is 6.42 Å². The van der Waals surface area contributed by atoms with Crippen molar-refractivity contribution in [2.45, 2.75) is 6.42 Å². The lowest BCUT2D eigenvalue weighted by Gasteiger charge is -2.10. The first-order chi connectivity index (χ1) is 22.3. The third-order valence-electron chi connectivity index (χ3n) is 8.39. The molecule has 0 radical (unpaired) electrons. The molecule has 0 spiro atoms. The van der Waals surface area contributed by atoms with Gasteiger partial charge in [0.05, 0.1) is 0 Å². The van der Waals surface area contributed by atoms with Crippen LogP contribution in [-0.4, -0.2) is 15.0 Å². The first-order valence-corrected chi connectivity index (χ1v) is 15.8. The molecule has 45 heavy (non-hydrogen) atoms. The molecule has 5 heteroatoms. The van der Waals surface area contributed by atoms with E-state index in [9.17, 15) is 0 Å². The van der Waals surface area contributed by atoms with E-state index in [1.54, 1.807) is 0 Å². The highest BCUT2D eigenvalue weighted by atomic mass is 32.1. The minimum absolute atomic E-state index is 0.597. The Morgan fingerprint density at radius 3 is 2.11 bits per heavy atom. The summed E-state index contributed by atoms with van der Waals surface area (Å²) in [7, 11) is 0. The van der Waals surface area contributed by atoms with Gasteiger partial charge in [-0.2, -0.15) is 0 Å². The van der Waals surface area contributed by atoms with E-state index in [4.69, 9.17) is 19.4 Å². The number of benzene rings is 6. The van der Waals surface area contributed by atoms with Crippen molar-refractivity contribution in [3.05, 3.63) is 151 Å². The average Bonchev–Trinajstić information content (AvgIpc) is 3.68. The standard InChI is InChI=1S/C40H25N3OS/c1-3-11-25(12-4-1)27-21-22-33-32(23-27)37-31(18-10-19-34(37)44-33)40-42-36(41-39(43-40)26-13-5-2-6-14-26)24-28-15-9-17-30-29-16-7-8-20-35(29)45-38(28)30/h1-23H,24H2. The summed E-state index contributed by atoms with van der Waals surface area (Å²) in [6, 6.07) is 48.2. The molecule has 4 nitrogen and oxygen atoms in total. The first kappa shape index (κ1) is 25.8. The highest BCUT2D eigenvalue weighted by Gasteiger charge is 2.19. The molecule has 0 unspecified atom stereocenters. The van der Waals surface area contributed by atoms with Gasteiger partial charge in [-0.15, -0.1) is 11.3 Å². The lowest BCUT2D eigenvalue weighted by molar-refractivity contribution is 0.669. The van der Waals surface area contributed by atoms with Gasteiger partial charge >= 0.3 is 0 Å². The second-order valence-corrected chi connectivity index (χ2v) is 12.2. The number of aromatic nitrogens is 3. The van der Waals surface area contributed by atoms with Crippen LogP contribution < -0.4 is 0 Å². The van der Waals surface area contributed by atoms with Gasteiger partial charge in [0.25, 0.3) is 0 Å². The summed E-state index contributed by atoms with van der Waals surface area (Å²) >= 11 is 1.83. The molecule has 3 aromatic heterocycles. The topological polar surface area (TPSA) is 51.8 Å². The Kier molecular flexibility index (Phi) is 6.03. The Morgan fingerprint density at radius 1 is 0.511 bits per heavy atom. The third kappa shape index (κ3) is 4.48. The summed E-state index contributed by atoms with van der Waals surface area (Å²) < 4.78 is 8.92. The van der Waals surface area contributed by atoms with Gasteiger partial charge in [-0.05, 0) is 41.0 Å². The number of nitrogens with zero attached hydrogens (tertiary/aromatic N) is 3. The minimum atomic E-state index is 0.597. The maximum Gasteiger partial charge on any atom is 0.164 e. The van der Waals surface area contributed by atoms with Crippen molar-refractivity contribution >= 4 is 53.4 Å². The molecule has 6 aromatic carbocycles. The lowest BCUT2D eigenvalue weighted by atomic mass is 10.0. The zero-order valence-corrected chi connectivity index (χ0v) is 25.0. The van der Waals surface area contributed by atoms with Gasteiger partial charge in [-0.3, -0.25) is 0 Å². The minimum Gasteiger partial charge on any atom is -0.456 e. The predicted molar refractivity (Wildman–Crippen MR) is 186 cm³/mol. The zero-order valence-electron chi connectivity index (χ0n) is 24.1. The maximum atomic E-state index is 6.35. The summed E-state index contributed by atoms with van der Waals surface area (Å²) in [4.78, 5) is 15.2. The molecule has 0 aliphatic rings. The van der Waals surface area contributed by atoms with Crippen LogP contribution in [0, 0.1) is 0 Å². The number of fused-ring (bicyclic) bond motifs is 6. The van der Waals surface area contributed by atoms with Crippen molar-refractivity contribution in [1.82, 2.24) is 15.0 Å². The molecular formula is C40H25N3OS. The van der Waals surface area contributed by atoms with Crippen LogP contribution in [0.2, 0.25) is 0 Å². The second kappa shape index (κ2) is 10.5. The Morgan fingerprint density at radius 2 is 1.24 bits per heavy atom. The van der Waals surface area contributed by atoms with E-state index in [1.165, 1.54) is 25.7 Å². The van der Waals surface area contributed by atoms with Crippen molar-refractivity contribution in [3.8, 4) is 33.9 Å². The van der Waals surface area contributed by atoms with E-state index in [0.717, 1.165) is 50.0 Å². The molecule has 212 valence electrons. The van der Waals surface area contributed by atoms with Crippen LogP contribution in [0.15, 0.2) is 144 Å². The van der Waals surface area contributed by atoms with Crippen LogP contribution in [0.3, 0.4) is 0 Å². The summed E-state index contributed by atoms with van der Waals surface area (Å²) in [5, 5.41) is 4.61. The van der Waals surface area contributed by atoms with E-state index in [2.05, 4.69) is 103 Å². The highest BCUT2D eigenvalue weighted by molar-refractivity contribution is 7.26. The normalized spacial score (nSPS) is 11.6. The predicted octanol–water partition coefficient (Wildman–Crippen LogP) is 10.7. The Balaban J connectivity index is 1.24. The van der Waals surface area contributed by atoms with Gasteiger partial charge < -0.3 is 4.42 Å². The van der Waals surface area contributed by atoms with E-state index in [0.29, 0.717) is 18.1 Å². The molecule has 0 N–H and O–H groups in total. The van der Waals surface area contributed by atoms with Crippen LogP contribution >= 0.6 is 11.3 Å². The van der Waals surface area contributed by atoms with Gasteiger partial charge in [-0.25, -0.2) is 15.0 Å². The van der Waals surface area contributed by atoms with Crippen molar-refractivity contribution in [2.75, 3.05) is 0 Å². The number of hydrogen-bond acceptors (Lipinski definition) is 5. The summed E-state index contributed by atoms with van der Waals surface area (Å²) in [6.07, 6.45) is 0.597. The molecule has 0 aliphatic heterocycles. The zero-order chi connectivity index (χ0) is 29.7. The number of thiophene rings is 1. The summed E-state index contributed by atoms with van der Waals surface area (Å²) in [6.45, 7) is 0. The summed E-state index contributed by atoms with van der Waals surface area (Å²) in [5.74, 6) is 2.04. The Bertz CT molecular complexity index is 2520. The monoisotopic (exact) mass is 595 g/mol. The summed E-state index contributed by atoms with van der Waals surface area (Å²) in [5.41, 5.74) is 7.05. The molecule has 0 amide bonds. The molecule has 9 aromatic rings. The van der Waals surface area contributed by atoms with Crippen molar-refractivity contribution in [2.24, 2.45) is 0 Å². The molecule has 0 bridgehead atoms. The second-order valence-electron chi connectivity index (χ2n) is 11.2. The number of furan rings is 1. The molecule has 0 atom stereocenters. The maximum absolute atomic E-state index is 6.35. The fraction of sp³-hybridized carbons (Fsp3) is 0.0250. The Hall–Kier alpha value is -5.65. The molecule has 0 saturated carbocycles. The first-order valence-electron chi connectivity index (χ1n) is 15.0. The molecule has 0 saturated heterocycles. The van der Waals surface area contributed by atoms with Crippen LogP contribution in [0.1, 0.15) is 11.4 Å². The molecule has 0 aliphatic carbocycles.